The Hall–Kier alpha value is -1.91. The van der Waals surface area contributed by atoms with Crippen molar-refractivity contribution in [3.05, 3.63) is 44.5 Å². The highest BCUT2D eigenvalue weighted by Crippen LogP contribution is 2.37. The summed E-state index contributed by atoms with van der Waals surface area (Å²) in [6, 6.07) is 6.19. The van der Waals surface area contributed by atoms with Crippen LogP contribution in [0.25, 0.3) is 0 Å². The predicted octanol–water partition coefficient (Wildman–Crippen LogP) is 4.42. The van der Waals surface area contributed by atoms with E-state index in [4.69, 9.17) is 4.74 Å². The number of rotatable bonds is 4. The molecule has 1 aliphatic carbocycles. The lowest BCUT2D eigenvalue weighted by atomic mass is 9.96. The summed E-state index contributed by atoms with van der Waals surface area (Å²) in [5, 5.41) is 12.7. The van der Waals surface area contributed by atoms with E-state index in [1.807, 2.05) is 0 Å². The zero-order valence-electron chi connectivity index (χ0n) is 12.7. The number of aryl methyl sites for hydroxylation is 1. The van der Waals surface area contributed by atoms with Gasteiger partial charge in [0, 0.05) is 4.88 Å². The van der Waals surface area contributed by atoms with Crippen LogP contribution in [-0.4, -0.2) is 12.5 Å². The Labute approximate surface area is 151 Å². The fourth-order valence-corrected chi connectivity index (χ4v) is 4.39. The smallest absolute Gasteiger partial charge is 0.262 e. The number of fused-ring (bicyclic) bond motifs is 1. The summed E-state index contributed by atoms with van der Waals surface area (Å²) in [4.78, 5) is 13.3. The molecule has 1 amide bonds. The summed E-state index contributed by atoms with van der Waals surface area (Å²) >= 11 is 4.66. The van der Waals surface area contributed by atoms with Gasteiger partial charge in [-0.25, -0.2) is 4.39 Å². The Morgan fingerprint density at radius 1 is 1.42 bits per heavy atom. The molecule has 1 heterocycles. The van der Waals surface area contributed by atoms with E-state index in [0.717, 1.165) is 31.2 Å². The molecule has 124 valence electrons. The van der Waals surface area contributed by atoms with E-state index >= 15 is 0 Å². The highest BCUT2D eigenvalue weighted by molar-refractivity contribution is 9.10. The molecule has 1 aromatic heterocycles. The highest BCUT2D eigenvalue weighted by atomic mass is 79.9. The molecule has 0 spiro atoms. The molecule has 3 rings (SSSR count). The third-order valence-corrected chi connectivity index (χ3v) is 5.62. The maximum Gasteiger partial charge on any atom is 0.262 e. The third kappa shape index (κ3) is 3.60. The fraction of sp³-hybridized carbons (Fsp3) is 0.294. The molecular weight excluding hydrogens is 395 g/mol. The second kappa shape index (κ2) is 7.32. The number of amides is 1. The van der Waals surface area contributed by atoms with Gasteiger partial charge in [-0.15, -0.1) is 11.3 Å². The molecule has 7 heteroatoms. The topological polar surface area (TPSA) is 62.1 Å². The molecule has 4 nitrogen and oxygen atoms in total. The SMILES string of the molecule is N#Cc1c(NC(=O)COc2ccc(F)cc2Br)sc2c1CCCC2. The number of anilines is 1. The molecule has 0 saturated carbocycles. The molecule has 0 saturated heterocycles. The molecule has 2 aromatic rings. The first-order valence-corrected chi connectivity index (χ1v) is 9.11. The Balaban J connectivity index is 1.67. The lowest BCUT2D eigenvalue weighted by Gasteiger charge is -2.09. The van der Waals surface area contributed by atoms with Gasteiger partial charge >= 0.3 is 0 Å². The maximum absolute atomic E-state index is 13.0. The summed E-state index contributed by atoms with van der Waals surface area (Å²) in [7, 11) is 0. The Morgan fingerprint density at radius 2 is 2.21 bits per heavy atom. The van der Waals surface area contributed by atoms with Gasteiger partial charge in [-0.3, -0.25) is 4.79 Å². The van der Waals surface area contributed by atoms with E-state index in [-0.39, 0.29) is 18.3 Å². The Kier molecular flexibility index (Phi) is 5.17. The number of hydrogen-bond donors (Lipinski definition) is 1. The number of nitriles is 1. The number of carbonyl (C=O) groups is 1. The van der Waals surface area contributed by atoms with Gasteiger partial charge < -0.3 is 10.1 Å². The molecule has 0 radical (unpaired) electrons. The summed E-state index contributed by atoms with van der Waals surface area (Å²) in [6.07, 6.45) is 4.05. The van der Waals surface area contributed by atoms with Gasteiger partial charge in [-0.05, 0) is 65.4 Å². The van der Waals surface area contributed by atoms with Crippen LogP contribution < -0.4 is 10.1 Å². The van der Waals surface area contributed by atoms with Crippen LogP contribution in [0.2, 0.25) is 0 Å². The van der Waals surface area contributed by atoms with Crippen molar-refractivity contribution in [2.24, 2.45) is 0 Å². The lowest BCUT2D eigenvalue weighted by Crippen LogP contribution is -2.20. The van der Waals surface area contributed by atoms with Crippen LogP contribution >= 0.6 is 27.3 Å². The monoisotopic (exact) mass is 408 g/mol. The average molecular weight is 409 g/mol. The number of nitrogens with zero attached hydrogens (tertiary/aromatic N) is 1. The van der Waals surface area contributed by atoms with Crippen molar-refractivity contribution in [3.8, 4) is 11.8 Å². The summed E-state index contributed by atoms with van der Waals surface area (Å²) in [5.74, 6) is -0.347. The number of nitrogens with one attached hydrogen (secondary N) is 1. The minimum Gasteiger partial charge on any atom is -0.483 e. The van der Waals surface area contributed by atoms with E-state index in [2.05, 4.69) is 27.3 Å². The van der Waals surface area contributed by atoms with Crippen molar-refractivity contribution in [1.82, 2.24) is 0 Å². The number of thiophene rings is 1. The molecule has 0 aliphatic heterocycles. The van der Waals surface area contributed by atoms with Crippen molar-refractivity contribution in [2.45, 2.75) is 25.7 Å². The molecule has 1 aromatic carbocycles. The normalized spacial score (nSPS) is 13.0. The summed E-state index contributed by atoms with van der Waals surface area (Å²) in [6.45, 7) is -0.211. The van der Waals surface area contributed by atoms with Gasteiger partial charge in [0.2, 0.25) is 0 Å². The van der Waals surface area contributed by atoms with Crippen LogP contribution in [0.15, 0.2) is 22.7 Å². The quantitative estimate of drug-likeness (QED) is 0.814. The van der Waals surface area contributed by atoms with Gasteiger partial charge in [0.1, 0.15) is 22.6 Å². The van der Waals surface area contributed by atoms with Gasteiger partial charge in [0.25, 0.3) is 5.91 Å². The van der Waals surface area contributed by atoms with Crippen molar-refractivity contribution in [1.29, 1.82) is 5.26 Å². The Morgan fingerprint density at radius 3 is 2.96 bits per heavy atom. The second-order valence-corrected chi connectivity index (χ2v) is 7.40. The molecule has 0 atom stereocenters. The standard InChI is InChI=1S/C17H14BrFN2O2S/c18-13-7-10(19)5-6-14(13)23-9-16(22)21-17-12(8-20)11-3-1-2-4-15(11)24-17/h5-7H,1-4,9H2,(H,21,22). The average Bonchev–Trinajstić information content (AvgIpc) is 2.90. The van der Waals surface area contributed by atoms with Crippen LogP contribution in [-0.2, 0) is 17.6 Å². The van der Waals surface area contributed by atoms with Crippen LogP contribution in [0.3, 0.4) is 0 Å². The minimum atomic E-state index is -0.387. The first-order chi connectivity index (χ1) is 11.6. The molecule has 0 fully saturated rings. The fourth-order valence-electron chi connectivity index (χ4n) is 2.67. The molecule has 1 N–H and O–H groups in total. The van der Waals surface area contributed by atoms with Crippen molar-refractivity contribution >= 4 is 38.2 Å². The van der Waals surface area contributed by atoms with Gasteiger partial charge in [-0.2, -0.15) is 5.26 Å². The molecule has 1 aliphatic rings. The second-order valence-electron chi connectivity index (χ2n) is 5.44. The summed E-state index contributed by atoms with van der Waals surface area (Å²) in [5.41, 5.74) is 1.65. The molecule has 24 heavy (non-hydrogen) atoms. The number of halogens is 2. The first kappa shape index (κ1) is 16.9. The first-order valence-electron chi connectivity index (χ1n) is 7.51. The Bertz CT molecular complexity index is 829. The van der Waals surface area contributed by atoms with Gasteiger partial charge in [0.05, 0.1) is 10.0 Å². The van der Waals surface area contributed by atoms with Crippen LogP contribution in [0, 0.1) is 17.1 Å². The van der Waals surface area contributed by atoms with Crippen LogP contribution in [0.5, 0.6) is 5.75 Å². The molecule has 0 unspecified atom stereocenters. The van der Waals surface area contributed by atoms with E-state index in [1.165, 1.54) is 34.4 Å². The van der Waals surface area contributed by atoms with Crippen molar-refractivity contribution in [3.63, 3.8) is 0 Å². The number of hydrogen-bond acceptors (Lipinski definition) is 4. The number of benzene rings is 1. The highest BCUT2D eigenvalue weighted by Gasteiger charge is 2.21. The van der Waals surface area contributed by atoms with Crippen LogP contribution in [0.1, 0.15) is 28.8 Å². The largest absolute Gasteiger partial charge is 0.483 e. The van der Waals surface area contributed by atoms with Crippen molar-refractivity contribution < 1.29 is 13.9 Å². The van der Waals surface area contributed by atoms with E-state index < -0.39 is 0 Å². The van der Waals surface area contributed by atoms with E-state index in [9.17, 15) is 14.4 Å². The maximum atomic E-state index is 13.0. The minimum absolute atomic E-state index is 0.211. The zero-order valence-corrected chi connectivity index (χ0v) is 15.1. The van der Waals surface area contributed by atoms with E-state index in [0.29, 0.717) is 20.8 Å². The molecule has 0 bridgehead atoms. The molecular formula is C17H14BrFN2O2S. The lowest BCUT2D eigenvalue weighted by molar-refractivity contribution is -0.118. The van der Waals surface area contributed by atoms with Crippen LogP contribution in [0.4, 0.5) is 9.39 Å². The number of carbonyl (C=O) groups excluding carboxylic acids is 1. The number of ether oxygens (including phenoxy) is 1. The van der Waals surface area contributed by atoms with Gasteiger partial charge in [0.15, 0.2) is 6.61 Å². The predicted molar refractivity (Wildman–Crippen MR) is 93.9 cm³/mol. The summed E-state index contributed by atoms with van der Waals surface area (Å²) < 4.78 is 18.9. The third-order valence-electron chi connectivity index (χ3n) is 3.79. The zero-order chi connectivity index (χ0) is 17.1. The van der Waals surface area contributed by atoms with E-state index in [1.54, 1.807) is 0 Å². The van der Waals surface area contributed by atoms with Crippen molar-refractivity contribution in [2.75, 3.05) is 11.9 Å². The van der Waals surface area contributed by atoms with Gasteiger partial charge in [-0.1, -0.05) is 0 Å².